The normalized spacial score (nSPS) is 11.2. The highest BCUT2D eigenvalue weighted by molar-refractivity contribution is 6.13. The minimum Gasteiger partial charge on any atom is -0.494 e. The summed E-state index contributed by atoms with van der Waals surface area (Å²) in [5.41, 5.74) is 5.69. The molecule has 5 nitrogen and oxygen atoms in total. The Balaban J connectivity index is 1.33. The molecule has 37 heavy (non-hydrogen) atoms. The van der Waals surface area contributed by atoms with Gasteiger partial charge >= 0.3 is 5.97 Å². The van der Waals surface area contributed by atoms with Crippen molar-refractivity contribution in [1.29, 1.82) is 0 Å². The van der Waals surface area contributed by atoms with Crippen molar-refractivity contribution in [3.05, 3.63) is 107 Å². The van der Waals surface area contributed by atoms with E-state index in [-0.39, 0.29) is 12.2 Å². The number of aromatic nitrogens is 1. The molecule has 0 aliphatic rings. The summed E-state index contributed by atoms with van der Waals surface area (Å²) in [6.07, 6.45) is 6.14. The highest BCUT2D eigenvalue weighted by Crippen LogP contribution is 2.23. The standard InChI is InChI=1S/C32H35NO4/c1-23(2)21-25-13-11-24(12-14-25)7-6-20-37-28-17-15-26(16-18-28)32(36)29-22-27(8-5-10-31(34)35)33-19-4-3-9-30(29)33/h3-4,9,11-19,22-23H,5-8,10,20-21H2,1-2H3,(H,34,35). The molecule has 0 bridgehead atoms. The average Bonchev–Trinajstić information content (AvgIpc) is 3.26. The Hall–Kier alpha value is -3.86. The van der Waals surface area contributed by atoms with Gasteiger partial charge in [-0.1, -0.05) is 44.2 Å². The molecule has 0 radical (unpaired) electrons. The maximum Gasteiger partial charge on any atom is 0.303 e. The third-order valence-corrected chi connectivity index (χ3v) is 6.49. The molecule has 2 aromatic heterocycles. The number of rotatable bonds is 13. The quantitative estimate of drug-likeness (QED) is 0.163. The van der Waals surface area contributed by atoms with Crippen LogP contribution in [0, 0.1) is 5.92 Å². The van der Waals surface area contributed by atoms with Crippen molar-refractivity contribution >= 4 is 17.3 Å². The zero-order valence-corrected chi connectivity index (χ0v) is 21.7. The number of pyridine rings is 1. The predicted molar refractivity (Wildman–Crippen MR) is 147 cm³/mol. The van der Waals surface area contributed by atoms with Crippen LogP contribution in [-0.4, -0.2) is 27.9 Å². The van der Waals surface area contributed by atoms with Crippen LogP contribution in [0.2, 0.25) is 0 Å². The maximum atomic E-state index is 13.3. The Bertz CT molecular complexity index is 1330. The first-order valence-electron chi connectivity index (χ1n) is 13.1. The average molecular weight is 498 g/mol. The van der Waals surface area contributed by atoms with Gasteiger partial charge < -0.3 is 14.2 Å². The molecule has 0 spiro atoms. The van der Waals surface area contributed by atoms with E-state index in [1.54, 1.807) is 0 Å². The van der Waals surface area contributed by atoms with E-state index in [9.17, 15) is 9.59 Å². The number of hydrogen-bond acceptors (Lipinski definition) is 3. The van der Waals surface area contributed by atoms with E-state index in [1.807, 2.05) is 59.1 Å². The van der Waals surface area contributed by atoms with Gasteiger partial charge in [0.05, 0.1) is 12.1 Å². The third kappa shape index (κ3) is 7.10. The van der Waals surface area contributed by atoms with Gasteiger partial charge in [0, 0.05) is 29.4 Å². The fourth-order valence-electron chi connectivity index (χ4n) is 4.66. The number of hydrogen-bond donors (Lipinski definition) is 1. The van der Waals surface area contributed by atoms with E-state index in [0.717, 1.165) is 36.2 Å². The number of aliphatic carboxylic acids is 1. The second kappa shape index (κ2) is 12.4. The fraction of sp³-hybridized carbons (Fsp3) is 0.312. The highest BCUT2D eigenvalue weighted by atomic mass is 16.5. The number of aryl methyl sites for hydroxylation is 2. The van der Waals surface area contributed by atoms with Gasteiger partial charge in [0.25, 0.3) is 0 Å². The number of fused-ring (bicyclic) bond motifs is 1. The Morgan fingerprint density at radius 2 is 1.62 bits per heavy atom. The largest absolute Gasteiger partial charge is 0.494 e. The van der Waals surface area contributed by atoms with Crippen LogP contribution in [-0.2, 0) is 24.1 Å². The summed E-state index contributed by atoms with van der Waals surface area (Å²) in [6.45, 7) is 5.09. The van der Waals surface area contributed by atoms with Crippen molar-refractivity contribution < 1.29 is 19.4 Å². The number of carboxylic acid groups (broad SMARTS) is 1. The molecule has 0 aliphatic heterocycles. The van der Waals surface area contributed by atoms with Crippen molar-refractivity contribution in [2.45, 2.75) is 52.4 Å². The molecule has 5 heteroatoms. The van der Waals surface area contributed by atoms with Gasteiger partial charge in [-0.15, -0.1) is 0 Å². The molecule has 0 saturated carbocycles. The molecule has 2 aromatic carbocycles. The molecule has 0 unspecified atom stereocenters. The lowest BCUT2D eigenvalue weighted by molar-refractivity contribution is -0.137. The van der Waals surface area contributed by atoms with Gasteiger partial charge in [0.2, 0.25) is 0 Å². The smallest absolute Gasteiger partial charge is 0.303 e. The van der Waals surface area contributed by atoms with Gasteiger partial charge in [-0.2, -0.15) is 0 Å². The zero-order valence-electron chi connectivity index (χ0n) is 21.7. The zero-order chi connectivity index (χ0) is 26.2. The SMILES string of the molecule is CC(C)Cc1ccc(CCCOc2ccc(C(=O)c3cc(CCCC(=O)O)n4ccccc34)cc2)cc1. The fourth-order valence-corrected chi connectivity index (χ4v) is 4.66. The molecule has 1 N–H and O–H groups in total. The maximum absolute atomic E-state index is 13.3. The molecule has 4 rings (SSSR count). The lowest BCUT2D eigenvalue weighted by atomic mass is 10.0. The van der Waals surface area contributed by atoms with Crippen molar-refractivity contribution in [3.63, 3.8) is 0 Å². The number of ketones is 1. The number of nitrogens with zero attached hydrogens (tertiary/aromatic N) is 1. The van der Waals surface area contributed by atoms with Gasteiger partial charge in [-0.3, -0.25) is 9.59 Å². The van der Waals surface area contributed by atoms with Gasteiger partial charge in [0.1, 0.15) is 5.75 Å². The van der Waals surface area contributed by atoms with E-state index in [1.165, 1.54) is 11.1 Å². The molecular weight excluding hydrogens is 462 g/mol. The number of carbonyl (C=O) groups is 2. The predicted octanol–water partition coefficient (Wildman–Crippen LogP) is 6.79. The van der Waals surface area contributed by atoms with Gasteiger partial charge in [-0.05, 0) is 91.6 Å². The van der Waals surface area contributed by atoms with E-state index < -0.39 is 5.97 Å². The number of ether oxygens (including phenoxy) is 1. The summed E-state index contributed by atoms with van der Waals surface area (Å²) in [5.74, 6) is 0.549. The summed E-state index contributed by atoms with van der Waals surface area (Å²) >= 11 is 0. The van der Waals surface area contributed by atoms with Crippen LogP contribution in [0.25, 0.3) is 5.52 Å². The Morgan fingerprint density at radius 1 is 0.892 bits per heavy atom. The topological polar surface area (TPSA) is 68.0 Å². The first kappa shape index (κ1) is 26.2. The summed E-state index contributed by atoms with van der Waals surface area (Å²) in [4.78, 5) is 24.2. The van der Waals surface area contributed by atoms with Crippen LogP contribution in [0.4, 0.5) is 0 Å². The van der Waals surface area contributed by atoms with E-state index >= 15 is 0 Å². The second-order valence-electron chi connectivity index (χ2n) is 9.97. The van der Waals surface area contributed by atoms with E-state index in [2.05, 4.69) is 38.1 Å². The number of benzene rings is 2. The Kier molecular flexibility index (Phi) is 8.78. The van der Waals surface area contributed by atoms with Crippen LogP contribution >= 0.6 is 0 Å². The van der Waals surface area contributed by atoms with Crippen LogP contribution < -0.4 is 4.74 Å². The molecule has 2 heterocycles. The number of carboxylic acids is 1. The van der Waals surface area contributed by atoms with Crippen LogP contribution in [0.5, 0.6) is 5.75 Å². The first-order valence-corrected chi connectivity index (χ1v) is 13.1. The molecule has 0 atom stereocenters. The first-order chi connectivity index (χ1) is 17.9. The Morgan fingerprint density at radius 3 is 2.32 bits per heavy atom. The molecular formula is C32H35NO4. The van der Waals surface area contributed by atoms with Crippen molar-refractivity contribution in [3.8, 4) is 5.75 Å². The van der Waals surface area contributed by atoms with Crippen molar-refractivity contribution in [2.75, 3.05) is 6.61 Å². The second-order valence-corrected chi connectivity index (χ2v) is 9.97. The van der Waals surface area contributed by atoms with E-state index in [0.29, 0.717) is 36.5 Å². The van der Waals surface area contributed by atoms with Gasteiger partial charge in [0.15, 0.2) is 5.78 Å². The van der Waals surface area contributed by atoms with Crippen molar-refractivity contribution in [1.82, 2.24) is 4.40 Å². The summed E-state index contributed by atoms with van der Waals surface area (Å²) in [5, 5.41) is 8.95. The van der Waals surface area contributed by atoms with Gasteiger partial charge in [-0.25, -0.2) is 0 Å². The summed E-state index contributed by atoms with van der Waals surface area (Å²) in [6, 6.07) is 23.8. The minimum atomic E-state index is -0.810. The lowest BCUT2D eigenvalue weighted by Crippen LogP contribution is -2.02. The van der Waals surface area contributed by atoms with E-state index in [4.69, 9.17) is 9.84 Å². The van der Waals surface area contributed by atoms with Crippen LogP contribution in [0.15, 0.2) is 79.0 Å². The van der Waals surface area contributed by atoms with Crippen LogP contribution in [0.1, 0.15) is 65.9 Å². The lowest BCUT2D eigenvalue weighted by Gasteiger charge is -2.08. The molecule has 0 aliphatic carbocycles. The molecule has 0 saturated heterocycles. The molecule has 4 aromatic rings. The molecule has 0 amide bonds. The summed E-state index contributed by atoms with van der Waals surface area (Å²) in [7, 11) is 0. The molecule has 0 fully saturated rings. The Labute approximate surface area is 218 Å². The van der Waals surface area contributed by atoms with Crippen molar-refractivity contribution in [2.24, 2.45) is 5.92 Å². The molecule has 192 valence electrons. The monoisotopic (exact) mass is 497 g/mol. The minimum absolute atomic E-state index is 0.0550. The summed E-state index contributed by atoms with van der Waals surface area (Å²) < 4.78 is 7.90. The third-order valence-electron chi connectivity index (χ3n) is 6.49. The number of carbonyl (C=O) groups excluding carboxylic acids is 1. The van der Waals surface area contributed by atoms with Crippen LogP contribution in [0.3, 0.4) is 0 Å². The highest BCUT2D eigenvalue weighted by Gasteiger charge is 2.17.